The highest BCUT2D eigenvalue weighted by molar-refractivity contribution is 5.74. The van der Waals surface area contributed by atoms with Gasteiger partial charge in [-0.25, -0.2) is 4.79 Å². The molecule has 0 fully saturated rings. The van der Waals surface area contributed by atoms with E-state index in [9.17, 15) is 9.90 Å². The number of esters is 1. The molecule has 90 valence electrons. The minimum absolute atomic E-state index is 0.0229. The molecule has 0 aromatic carbocycles. The fourth-order valence-corrected chi connectivity index (χ4v) is 1.38. The highest BCUT2D eigenvalue weighted by Gasteiger charge is 2.18. The van der Waals surface area contributed by atoms with Crippen molar-refractivity contribution < 1.29 is 14.6 Å². The summed E-state index contributed by atoms with van der Waals surface area (Å²) in [7, 11) is 0. The summed E-state index contributed by atoms with van der Waals surface area (Å²) in [6, 6.07) is 0. The number of aliphatic hydroxyl groups is 1. The van der Waals surface area contributed by atoms with Crippen molar-refractivity contribution in [3.63, 3.8) is 0 Å². The van der Waals surface area contributed by atoms with Gasteiger partial charge < -0.3 is 9.84 Å². The van der Waals surface area contributed by atoms with Crippen molar-refractivity contribution in [3.8, 4) is 0 Å². The molecular formula is C12H24O3. The molecular weight excluding hydrogens is 192 g/mol. The Hall–Kier alpha value is -0.570. The Morgan fingerprint density at radius 1 is 1.20 bits per heavy atom. The fourth-order valence-electron chi connectivity index (χ4n) is 1.38. The molecule has 0 heterocycles. The average molecular weight is 216 g/mol. The zero-order valence-corrected chi connectivity index (χ0v) is 10.2. The molecule has 0 aromatic rings. The van der Waals surface area contributed by atoms with E-state index in [2.05, 4.69) is 6.92 Å². The Balaban J connectivity index is 3.82. The van der Waals surface area contributed by atoms with E-state index in [1.807, 2.05) is 6.92 Å². The van der Waals surface area contributed by atoms with Crippen LogP contribution >= 0.6 is 0 Å². The summed E-state index contributed by atoms with van der Waals surface area (Å²) in [5, 5.41) is 9.27. The van der Waals surface area contributed by atoms with Crippen LogP contribution in [0.4, 0.5) is 0 Å². The fraction of sp³-hybridized carbons (Fsp3) is 0.917. The maximum absolute atomic E-state index is 11.3. The topological polar surface area (TPSA) is 46.5 Å². The van der Waals surface area contributed by atoms with Gasteiger partial charge in [-0.15, -0.1) is 0 Å². The van der Waals surface area contributed by atoms with Gasteiger partial charge in [0.25, 0.3) is 0 Å². The third kappa shape index (κ3) is 6.50. The second-order valence-corrected chi connectivity index (χ2v) is 3.89. The molecule has 3 heteroatoms. The summed E-state index contributed by atoms with van der Waals surface area (Å²) < 4.78 is 5.21. The van der Waals surface area contributed by atoms with E-state index in [4.69, 9.17) is 4.74 Å². The molecule has 0 spiro atoms. The minimum Gasteiger partial charge on any atom is -0.460 e. The van der Waals surface area contributed by atoms with Gasteiger partial charge in [0.05, 0.1) is 0 Å². The van der Waals surface area contributed by atoms with Crippen LogP contribution in [0, 0.1) is 0 Å². The molecule has 15 heavy (non-hydrogen) atoms. The van der Waals surface area contributed by atoms with E-state index in [0.29, 0.717) is 6.42 Å². The summed E-state index contributed by atoms with van der Waals surface area (Å²) in [6.45, 7) is 5.92. The Morgan fingerprint density at radius 2 is 1.87 bits per heavy atom. The number of carbonyl (C=O) groups excluding carboxylic acids is 1. The maximum atomic E-state index is 11.3. The summed E-state index contributed by atoms with van der Waals surface area (Å²) in [5.74, 6) is -0.471. The zero-order chi connectivity index (χ0) is 11.7. The van der Waals surface area contributed by atoms with E-state index in [1.54, 1.807) is 6.92 Å². The highest BCUT2D eigenvalue weighted by atomic mass is 16.6. The number of hydrogen-bond acceptors (Lipinski definition) is 3. The first kappa shape index (κ1) is 14.4. The number of hydrogen-bond donors (Lipinski definition) is 1. The number of aliphatic hydroxyl groups excluding tert-OH is 1. The van der Waals surface area contributed by atoms with Crippen LogP contribution in [0.5, 0.6) is 0 Å². The molecule has 0 aliphatic heterocycles. The van der Waals surface area contributed by atoms with Crippen LogP contribution in [-0.4, -0.2) is 23.3 Å². The van der Waals surface area contributed by atoms with E-state index in [0.717, 1.165) is 19.3 Å². The second kappa shape index (κ2) is 8.72. The monoisotopic (exact) mass is 216 g/mol. The van der Waals surface area contributed by atoms with Gasteiger partial charge in [-0.1, -0.05) is 33.6 Å². The molecule has 2 unspecified atom stereocenters. The number of unbranched alkanes of at least 4 members (excludes halogenated alkanes) is 2. The largest absolute Gasteiger partial charge is 0.460 e. The lowest BCUT2D eigenvalue weighted by molar-refractivity contribution is -0.159. The molecule has 0 saturated heterocycles. The predicted octanol–water partition coefficient (Wildman–Crippen LogP) is 2.66. The molecule has 1 N–H and O–H groups in total. The standard InChI is InChI=1S/C12H24O3/c1-4-7-8-9-10(5-2)15-12(14)11(13)6-3/h10-11,13H,4-9H2,1-3H3. The van der Waals surface area contributed by atoms with Crippen molar-refractivity contribution in [2.75, 3.05) is 0 Å². The smallest absolute Gasteiger partial charge is 0.335 e. The first-order valence-electron chi connectivity index (χ1n) is 6.04. The van der Waals surface area contributed by atoms with E-state index in [1.165, 1.54) is 12.8 Å². The summed E-state index contributed by atoms with van der Waals surface area (Å²) in [4.78, 5) is 11.3. The first-order valence-corrected chi connectivity index (χ1v) is 6.04. The summed E-state index contributed by atoms with van der Waals surface area (Å²) in [5.41, 5.74) is 0. The SMILES string of the molecule is CCCCCC(CC)OC(=O)C(O)CC. The van der Waals surface area contributed by atoms with Crippen LogP contribution in [0.25, 0.3) is 0 Å². The van der Waals surface area contributed by atoms with Crippen molar-refractivity contribution in [2.45, 2.75) is 71.5 Å². The Kier molecular flexibility index (Phi) is 8.38. The van der Waals surface area contributed by atoms with Crippen LogP contribution in [-0.2, 0) is 9.53 Å². The molecule has 0 radical (unpaired) electrons. The third-order valence-electron chi connectivity index (χ3n) is 2.53. The molecule has 0 aliphatic carbocycles. The Labute approximate surface area is 92.8 Å². The van der Waals surface area contributed by atoms with Crippen molar-refractivity contribution in [1.82, 2.24) is 0 Å². The number of carbonyl (C=O) groups is 1. The second-order valence-electron chi connectivity index (χ2n) is 3.89. The number of ether oxygens (including phenoxy) is 1. The van der Waals surface area contributed by atoms with Gasteiger partial charge in [0.15, 0.2) is 6.10 Å². The molecule has 0 aliphatic rings. The first-order chi connectivity index (χ1) is 7.15. The van der Waals surface area contributed by atoms with Gasteiger partial charge in [-0.2, -0.15) is 0 Å². The lowest BCUT2D eigenvalue weighted by atomic mass is 10.1. The zero-order valence-electron chi connectivity index (χ0n) is 10.2. The van der Waals surface area contributed by atoms with Crippen molar-refractivity contribution >= 4 is 5.97 Å². The normalized spacial score (nSPS) is 14.7. The van der Waals surface area contributed by atoms with Crippen LogP contribution in [0.3, 0.4) is 0 Å². The molecule has 3 nitrogen and oxygen atoms in total. The van der Waals surface area contributed by atoms with Gasteiger partial charge >= 0.3 is 5.97 Å². The van der Waals surface area contributed by atoms with Crippen LogP contribution in [0.2, 0.25) is 0 Å². The molecule has 2 atom stereocenters. The highest BCUT2D eigenvalue weighted by Crippen LogP contribution is 2.11. The predicted molar refractivity (Wildman–Crippen MR) is 60.6 cm³/mol. The van der Waals surface area contributed by atoms with E-state index < -0.39 is 12.1 Å². The lowest BCUT2D eigenvalue weighted by Crippen LogP contribution is -2.27. The van der Waals surface area contributed by atoms with E-state index >= 15 is 0 Å². The average Bonchev–Trinajstić information content (AvgIpc) is 2.26. The van der Waals surface area contributed by atoms with Gasteiger partial charge in [0.1, 0.15) is 6.10 Å². The van der Waals surface area contributed by atoms with Gasteiger partial charge in [-0.3, -0.25) is 0 Å². The van der Waals surface area contributed by atoms with Crippen LogP contribution < -0.4 is 0 Å². The quantitative estimate of drug-likeness (QED) is 0.501. The molecule has 0 saturated carbocycles. The van der Waals surface area contributed by atoms with Gasteiger partial charge in [0.2, 0.25) is 0 Å². The summed E-state index contributed by atoms with van der Waals surface area (Å²) >= 11 is 0. The van der Waals surface area contributed by atoms with Crippen molar-refractivity contribution in [3.05, 3.63) is 0 Å². The van der Waals surface area contributed by atoms with Crippen molar-refractivity contribution in [2.24, 2.45) is 0 Å². The van der Waals surface area contributed by atoms with Gasteiger partial charge in [-0.05, 0) is 25.7 Å². The van der Waals surface area contributed by atoms with E-state index in [-0.39, 0.29) is 6.10 Å². The lowest BCUT2D eigenvalue weighted by Gasteiger charge is -2.17. The van der Waals surface area contributed by atoms with Crippen molar-refractivity contribution in [1.29, 1.82) is 0 Å². The Bertz CT molecular complexity index is 168. The Morgan fingerprint density at radius 3 is 2.33 bits per heavy atom. The molecule has 0 rings (SSSR count). The summed E-state index contributed by atoms with van der Waals surface area (Å²) in [6.07, 6.45) is 4.61. The third-order valence-corrected chi connectivity index (χ3v) is 2.53. The van der Waals surface area contributed by atoms with Gasteiger partial charge in [0, 0.05) is 0 Å². The molecule has 0 amide bonds. The molecule has 0 aromatic heterocycles. The minimum atomic E-state index is -0.953. The van der Waals surface area contributed by atoms with Crippen LogP contribution in [0.15, 0.2) is 0 Å². The molecule has 0 bridgehead atoms. The van der Waals surface area contributed by atoms with Crippen LogP contribution in [0.1, 0.15) is 59.3 Å². The maximum Gasteiger partial charge on any atom is 0.335 e. The number of rotatable bonds is 8.